The topological polar surface area (TPSA) is 118 Å². The number of unbranched alkanes of at least 4 members (excludes halogenated alkanes) is 1. The van der Waals surface area contributed by atoms with Crippen LogP contribution in [0.5, 0.6) is 0 Å². The monoisotopic (exact) mass is 334 g/mol. The standard InChI is InChI=1S/C16H18N2O6/c1-10(19)4-2-3-7-17-14-6-5-12(18(23)24)8-11(14)9-13(15(17)20)16(21)22/h5-6,8,13H,2-4,7,9H2,1H3,(H,21,22). The fraction of sp³-hybridized carbons (Fsp3) is 0.438. The van der Waals surface area contributed by atoms with Crippen molar-refractivity contribution < 1.29 is 24.4 Å². The molecule has 0 saturated carbocycles. The molecule has 1 aliphatic heterocycles. The summed E-state index contributed by atoms with van der Waals surface area (Å²) < 4.78 is 0. The molecular formula is C16H18N2O6. The van der Waals surface area contributed by atoms with E-state index in [1.807, 2.05) is 0 Å². The van der Waals surface area contributed by atoms with Crippen molar-refractivity contribution in [2.75, 3.05) is 11.4 Å². The second-order valence-electron chi connectivity index (χ2n) is 5.81. The molecule has 1 amide bonds. The third kappa shape index (κ3) is 3.76. The summed E-state index contributed by atoms with van der Waals surface area (Å²) in [5.74, 6) is -2.95. The highest BCUT2D eigenvalue weighted by Gasteiger charge is 2.37. The number of anilines is 1. The molecule has 0 aliphatic carbocycles. The average molecular weight is 334 g/mol. The molecule has 0 radical (unpaired) electrons. The van der Waals surface area contributed by atoms with Gasteiger partial charge in [-0.25, -0.2) is 0 Å². The van der Waals surface area contributed by atoms with E-state index in [0.717, 1.165) is 0 Å². The third-order valence-corrected chi connectivity index (χ3v) is 4.01. The van der Waals surface area contributed by atoms with Gasteiger partial charge in [0.25, 0.3) is 5.69 Å². The molecule has 0 saturated heterocycles. The third-order valence-electron chi connectivity index (χ3n) is 4.01. The summed E-state index contributed by atoms with van der Waals surface area (Å²) in [5.41, 5.74) is 0.845. The first-order chi connectivity index (χ1) is 11.3. The van der Waals surface area contributed by atoms with Gasteiger partial charge in [0.05, 0.1) is 4.92 Å². The second-order valence-corrected chi connectivity index (χ2v) is 5.81. The van der Waals surface area contributed by atoms with E-state index in [2.05, 4.69) is 0 Å². The van der Waals surface area contributed by atoms with Gasteiger partial charge in [-0.05, 0) is 37.8 Å². The van der Waals surface area contributed by atoms with Crippen LogP contribution in [0.15, 0.2) is 18.2 Å². The molecule has 0 fully saturated rings. The Morgan fingerprint density at radius 1 is 1.38 bits per heavy atom. The van der Waals surface area contributed by atoms with Crippen molar-refractivity contribution in [3.05, 3.63) is 33.9 Å². The molecule has 1 aromatic carbocycles. The molecule has 0 bridgehead atoms. The first kappa shape index (κ1) is 17.6. The van der Waals surface area contributed by atoms with E-state index in [9.17, 15) is 29.6 Å². The number of ketones is 1. The number of rotatable bonds is 7. The van der Waals surface area contributed by atoms with Crippen LogP contribution in [0.1, 0.15) is 31.7 Å². The zero-order chi connectivity index (χ0) is 17.9. The zero-order valence-corrected chi connectivity index (χ0v) is 13.2. The van der Waals surface area contributed by atoms with Gasteiger partial charge in [0, 0.05) is 30.8 Å². The molecule has 8 heteroatoms. The Kier molecular flexibility index (Phi) is 5.28. The summed E-state index contributed by atoms with van der Waals surface area (Å²) in [6.07, 6.45) is 1.49. The number of non-ortho nitro benzene ring substituents is 1. The van der Waals surface area contributed by atoms with Crippen LogP contribution < -0.4 is 4.90 Å². The number of nitro groups is 1. The molecule has 1 aromatic rings. The summed E-state index contributed by atoms with van der Waals surface area (Å²) in [6, 6.07) is 4.10. The van der Waals surface area contributed by atoms with Crippen LogP contribution in [0.4, 0.5) is 11.4 Å². The number of carbonyl (C=O) groups excluding carboxylic acids is 2. The van der Waals surface area contributed by atoms with Crippen LogP contribution in [0.25, 0.3) is 0 Å². The summed E-state index contributed by atoms with van der Waals surface area (Å²) in [4.78, 5) is 46.4. The van der Waals surface area contributed by atoms with Gasteiger partial charge in [-0.15, -0.1) is 0 Å². The van der Waals surface area contributed by atoms with Crippen LogP contribution in [0.2, 0.25) is 0 Å². The van der Waals surface area contributed by atoms with Crippen LogP contribution in [-0.2, 0) is 20.8 Å². The van der Waals surface area contributed by atoms with Crippen LogP contribution in [0, 0.1) is 16.0 Å². The Balaban J connectivity index is 2.27. The Labute approximate surface area is 138 Å². The summed E-state index contributed by atoms with van der Waals surface area (Å²) in [7, 11) is 0. The first-order valence-corrected chi connectivity index (χ1v) is 7.62. The number of carboxylic acids is 1. The SMILES string of the molecule is CC(=O)CCCCN1C(=O)C(C(=O)O)Cc2cc([N+](=O)[O-])ccc21. The molecule has 2 rings (SSSR count). The van der Waals surface area contributed by atoms with Crippen molar-refractivity contribution in [1.29, 1.82) is 0 Å². The maximum atomic E-state index is 12.4. The smallest absolute Gasteiger partial charge is 0.316 e. The second kappa shape index (κ2) is 7.20. The number of fused-ring (bicyclic) bond motifs is 1. The van der Waals surface area contributed by atoms with E-state index in [4.69, 9.17) is 0 Å². The van der Waals surface area contributed by atoms with Crippen molar-refractivity contribution in [3.63, 3.8) is 0 Å². The Morgan fingerprint density at radius 3 is 2.67 bits per heavy atom. The number of benzene rings is 1. The number of nitrogens with zero attached hydrogens (tertiary/aromatic N) is 2. The van der Waals surface area contributed by atoms with E-state index in [-0.39, 0.29) is 24.4 Å². The molecule has 1 unspecified atom stereocenters. The van der Waals surface area contributed by atoms with Gasteiger partial charge in [-0.3, -0.25) is 19.7 Å². The number of amides is 1. The lowest BCUT2D eigenvalue weighted by molar-refractivity contribution is -0.384. The van der Waals surface area contributed by atoms with Gasteiger partial charge >= 0.3 is 5.97 Å². The molecule has 1 aliphatic rings. The first-order valence-electron chi connectivity index (χ1n) is 7.62. The Morgan fingerprint density at radius 2 is 2.08 bits per heavy atom. The van der Waals surface area contributed by atoms with Crippen molar-refractivity contribution in [1.82, 2.24) is 0 Å². The largest absolute Gasteiger partial charge is 0.481 e. The summed E-state index contributed by atoms with van der Waals surface area (Å²) in [6.45, 7) is 1.77. The van der Waals surface area contributed by atoms with E-state index >= 15 is 0 Å². The van der Waals surface area contributed by atoms with Crippen LogP contribution in [0.3, 0.4) is 0 Å². The highest BCUT2D eigenvalue weighted by molar-refractivity contribution is 6.08. The number of aliphatic carboxylic acids is 1. The normalized spacial score (nSPS) is 16.6. The lowest BCUT2D eigenvalue weighted by atomic mass is 9.91. The minimum atomic E-state index is -1.24. The predicted octanol–water partition coefficient (Wildman–Crippen LogP) is 1.94. The lowest BCUT2D eigenvalue weighted by Crippen LogP contribution is -2.45. The maximum Gasteiger partial charge on any atom is 0.316 e. The summed E-state index contributed by atoms with van der Waals surface area (Å²) >= 11 is 0. The predicted molar refractivity (Wildman–Crippen MR) is 84.8 cm³/mol. The fourth-order valence-corrected chi connectivity index (χ4v) is 2.79. The zero-order valence-electron chi connectivity index (χ0n) is 13.2. The van der Waals surface area contributed by atoms with E-state index < -0.39 is 22.7 Å². The molecule has 1 N–H and O–H groups in total. The Bertz CT molecular complexity index is 700. The Hall–Kier alpha value is -2.77. The fourth-order valence-electron chi connectivity index (χ4n) is 2.79. The van der Waals surface area contributed by atoms with Gasteiger partial charge in [-0.1, -0.05) is 0 Å². The average Bonchev–Trinajstić information content (AvgIpc) is 2.51. The van der Waals surface area contributed by atoms with Gasteiger partial charge in [0.2, 0.25) is 5.91 Å². The molecule has 0 aromatic heterocycles. The number of hydrogen-bond donors (Lipinski definition) is 1. The number of carboxylic acid groups (broad SMARTS) is 1. The van der Waals surface area contributed by atoms with Crippen LogP contribution in [-0.4, -0.2) is 34.2 Å². The van der Waals surface area contributed by atoms with Gasteiger partial charge in [0.15, 0.2) is 0 Å². The highest BCUT2D eigenvalue weighted by Crippen LogP contribution is 2.33. The number of Topliss-reactive ketones (excluding diaryl/α,β-unsaturated/α-hetero) is 1. The van der Waals surface area contributed by atoms with Crippen LogP contribution >= 0.6 is 0 Å². The van der Waals surface area contributed by atoms with Crippen molar-refractivity contribution in [3.8, 4) is 0 Å². The minimum absolute atomic E-state index is 0.0550. The summed E-state index contributed by atoms with van der Waals surface area (Å²) in [5, 5.41) is 20.1. The van der Waals surface area contributed by atoms with Crippen molar-refractivity contribution in [2.45, 2.75) is 32.6 Å². The number of carbonyl (C=O) groups is 3. The quantitative estimate of drug-likeness (QED) is 0.352. The van der Waals surface area contributed by atoms with Crippen molar-refractivity contribution >= 4 is 29.0 Å². The van der Waals surface area contributed by atoms with E-state index in [1.54, 1.807) is 0 Å². The number of hydrogen-bond acceptors (Lipinski definition) is 5. The minimum Gasteiger partial charge on any atom is -0.481 e. The number of nitro benzene ring substituents is 1. The van der Waals surface area contributed by atoms with Gasteiger partial charge in [0.1, 0.15) is 11.7 Å². The van der Waals surface area contributed by atoms with Gasteiger partial charge < -0.3 is 14.8 Å². The molecule has 8 nitrogen and oxygen atoms in total. The maximum absolute atomic E-state index is 12.4. The highest BCUT2D eigenvalue weighted by atomic mass is 16.6. The van der Waals surface area contributed by atoms with Crippen molar-refractivity contribution in [2.24, 2.45) is 5.92 Å². The molecule has 1 heterocycles. The van der Waals surface area contributed by atoms with E-state index in [1.165, 1.54) is 30.0 Å². The molecule has 24 heavy (non-hydrogen) atoms. The molecule has 128 valence electrons. The molecule has 0 spiro atoms. The molecular weight excluding hydrogens is 316 g/mol. The van der Waals surface area contributed by atoms with Gasteiger partial charge in [-0.2, -0.15) is 0 Å². The molecule has 1 atom stereocenters. The lowest BCUT2D eigenvalue weighted by Gasteiger charge is -2.32. The van der Waals surface area contributed by atoms with E-state index in [0.29, 0.717) is 30.5 Å².